The second-order valence-corrected chi connectivity index (χ2v) is 3.37. The molecule has 2 heterocycles. The molecular weight excluding hydrogens is 196 g/mol. The van der Waals surface area contributed by atoms with Crippen molar-refractivity contribution in [3.8, 4) is 5.75 Å². The fraction of sp³-hybridized carbons (Fsp3) is 0.400. The topological polar surface area (TPSA) is 71.5 Å². The SMILES string of the molecule is COc1cc(C(=O)O)nc2c1NCCC2. The summed E-state index contributed by atoms with van der Waals surface area (Å²) in [7, 11) is 1.53. The maximum Gasteiger partial charge on any atom is 0.354 e. The van der Waals surface area contributed by atoms with Crippen molar-refractivity contribution in [2.24, 2.45) is 0 Å². The average Bonchev–Trinajstić information content (AvgIpc) is 2.27. The van der Waals surface area contributed by atoms with Crippen LogP contribution < -0.4 is 10.1 Å². The van der Waals surface area contributed by atoms with E-state index in [0.717, 1.165) is 30.8 Å². The predicted molar refractivity (Wildman–Crippen MR) is 54.6 cm³/mol. The van der Waals surface area contributed by atoms with Crippen LogP contribution in [0, 0.1) is 0 Å². The number of carboxylic acid groups (broad SMARTS) is 1. The van der Waals surface area contributed by atoms with Gasteiger partial charge in [0.1, 0.15) is 5.75 Å². The molecule has 0 fully saturated rings. The maximum absolute atomic E-state index is 10.8. The van der Waals surface area contributed by atoms with Gasteiger partial charge in [0, 0.05) is 12.6 Å². The van der Waals surface area contributed by atoms with Gasteiger partial charge in [0.25, 0.3) is 0 Å². The quantitative estimate of drug-likeness (QED) is 0.762. The number of fused-ring (bicyclic) bond motifs is 1. The molecule has 0 aliphatic carbocycles. The van der Waals surface area contributed by atoms with Crippen LogP contribution in [0.25, 0.3) is 0 Å². The Morgan fingerprint density at radius 2 is 2.47 bits per heavy atom. The van der Waals surface area contributed by atoms with Gasteiger partial charge in [-0.3, -0.25) is 0 Å². The molecule has 1 aromatic heterocycles. The van der Waals surface area contributed by atoms with Crippen molar-refractivity contribution in [3.63, 3.8) is 0 Å². The largest absolute Gasteiger partial charge is 0.494 e. The van der Waals surface area contributed by atoms with E-state index in [1.807, 2.05) is 0 Å². The van der Waals surface area contributed by atoms with Gasteiger partial charge in [-0.15, -0.1) is 0 Å². The number of carboxylic acids is 1. The van der Waals surface area contributed by atoms with Crippen molar-refractivity contribution >= 4 is 11.7 Å². The summed E-state index contributed by atoms with van der Waals surface area (Å²) in [5.74, 6) is -0.473. The number of nitrogens with zero attached hydrogens (tertiary/aromatic N) is 1. The number of hydrogen-bond acceptors (Lipinski definition) is 4. The summed E-state index contributed by atoms with van der Waals surface area (Å²) < 4.78 is 5.14. The highest BCUT2D eigenvalue weighted by Crippen LogP contribution is 2.31. The van der Waals surface area contributed by atoms with Gasteiger partial charge in [0.05, 0.1) is 18.5 Å². The molecule has 0 radical (unpaired) electrons. The molecule has 2 rings (SSSR count). The Balaban J connectivity index is 2.52. The number of aromatic carboxylic acids is 1. The molecule has 0 spiro atoms. The Hall–Kier alpha value is -1.78. The van der Waals surface area contributed by atoms with Gasteiger partial charge in [-0.1, -0.05) is 0 Å². The van der Waals surface area contributed by atoms with Gasteiger partial charge in [0.15, 0.2) is 5.69 Å². The van der Waals surface area contributed by atoms with Crippen molar-refractivity contribution in [2.75, 3.05) is 19.0 Å². The van der Waals surface area contributed by atoms with Crippen LogP contribution in [-0.4, -0.2) is 29.7 Å². The van der Waals surface area contributed by atoms with Crippen LogP contribution in [0.4, 0.5) is 5.69 Å². The van der Waals surface area contributed by atoms with E-state index in [1.165, 1.54) is 13.2 Å². The molecule has 80 valence electrons. The van der Waals surface area contributed by atoms with Gasteiger partial charge in [-0.05, 0) is 12.8 Å². The first-order valence-corrected chi connectivity index (χ1v) is 4.77. The molecule has 1 aliphatic heterocycles. The number of nitrogens with one attached hydrogen (secondary N) is 1. The standard InChI is InChI=1S/C10H12N2O3/c1-15-8-5-7(10(13)14)12-6-3-2-4-11-9(6)8/h5,11H,2-4H2,1H3,(H,13,14). The molecule has 0 unspecified atom stereocenters. The Morgan fingerprint density at radius 3 is 3.13 bits per heavy atom. The monoisotopic (exact) mass is 208 g/mol. The number of ether oxygens (including phenoxy) is 1. The molecule has 0 atom stereocenters. The summed E-state index contributed by atoms with van der Waals surface area (Å²) in [5, 5.41) is 12.0. The Morgan fingerprint density at radius 1 is 1.67 bits per heavy atom. The lowest BCUT2D eigenvalue weighted by Gasteiger charge is -2.19. The Labute approximate surface area is 87.1 Å². The van der Waals surface area contributed by atoms with Crippen LogP contribution >= 0.6 is 0 Å². The maximum atomic E-state index is 10.8. The third-order valence-corrected chi connectivity index (χ3v) is 2.39. The smallest absolute Gasteiger partial charge is 0.354 e. The van der Waals surface area contributed by atoms with E-state index in [0.29, 0.717) is 5.75 Å². The minimum atomic E-state index is -1.03. The third kappa shape index (κ3) is 1.72. The molecule has 1 aliphatic rings. The van der Waals surface area contributed by atoms with E-state index in [2.05, 4.69) is 10.3 Å². The van der Waals surface area contributed by atoms with Crippen LogP contribution in [0.5, 0.6) is 5.75 Å². The second-order valence-electron chi connectivity index (χ2n) is 3.37. The van der Waals surface area contributed by atoms with Crippen molar-refractivity contribution in [2.45, 2.75) is 12.8 Å². The van der Waals surface area contributed by atoms with Crippen LogP contribution in [0.3, 0.4) is 0 Å². The van der Waals surface area contributed by atoms with Crippen LogP contribution in [0.1, 0.15) is 22.6 Å². The number of aromatic nitrogens is 1. The summed E-state index contributed by atoms with van der Waals surface area (Å²) in [5.41, 5.74) is 1.64. The van der Waals surface area contributed by atoms with Crippen molar-refractivity contribution < 1.29 is 14.6 Å². The number of hydrogen-bond donors (Lipinski definition) is 2. The molecule has 2 N–H and O–H groups in total. The fourth-order valence-corrected chi connectivity index (χ4v) is 1.68. The number of aryl methyl sites for hydroxylation is 1. The summed E-state index contributed by atoms with van der Waals surface area (Å²) >= 11 is 0. The Bertz CT molecular complexity index is 387. The molecule has 5 heteroatoms. The summed E-state index contributed by atoms with van der Waals surface area (Å²) in [4.78, 5) is 14.9. The lowest BCUT2D eigenvalue weighted by atomic mass is 10.1. The van der Waals surface area contributed by atoms with Gasteiger partial charge in [-0.25, -0.2) is 9.78 Å². The number of carbonyl (C=O) groups is 1. The highest BCUT2D eigenvalue weighted by atomic mass is 16.5. The number of anilines is 1. The molecule has 0 amide bonds. The molecule has 1 aromatic rings. The molecule has 0 saturated heterocycles. The van der Waals surface area contributed by atoms with Crippen LogP contribution in [-0.2, 0) is 6.42 Å². The van der Waals surface area contributed by atoms with Crippen LogP contribution in [0.2, 0.25) is 0 Å². The first-order valence-electron chi connectivity index (χ1n) is 4.77. The number of methoxy groups -OCH3 is 1. The normalized spacial score (nSPS) is 13.9. The zero-order chi connectivity index (χ0) is 10.8. The highest BCUT2D eigenvalue weighted by molar-refractivity contribution is 5.87. The first kappa shape index (κ1) is 9.76. The molecule has 0 bridgehead atoms. The van der Waals surface area contributed by atoms with E-state index in [1.54, 1.807) is 0 Å². The minimum absolute atomic E-state index is 0.0364. The molecular formula is C10H12N2O3. The Kier molecular flexibility index (Phi) is 2.45. The van der Waals surface area contributed by atoms with Crippen molar-refractivity contribution in [3.05, 3.63) is 17.5 Å². The summed E-state index contributed by atoms with van der Waals surface area (Å²) in [6.45, 7) is 0.872. The predicted octanol–water partition coefficient (Wildman–Crippen LogP) is 1.15. The van der Waals surface area contributed by atoms with E-state index >= 15 is 0 Å². The highest BCUT2D eigenvalue weighted by Gasteiger charge is 2.18. The van der Waals surface area contributed by atoms with E-state index in [9.17, 15) is 4.79 Å². The van der Waals surface area contributed by atoms with Gasteiger partial charge in [0.2, 0.25) is 0 Å². The average molecular weight is 208 g/mol. The lowest BCUT2D eigenvalue weighted by Crippen LogP contribution is -2.16. The van der Waals surface area contributed by atoms with Crippen LogP contribution in [0.15, 0.2) is 6.07 Å². The molecule has 5 nitrogen and oxygen atoms in total. The summed E-state index contributed by atoms with van der Waals surface area (Å²) in [6.07, 6.45) is 1.76. The molecule has 15 heavy (non-hydrogen) atoms. The molecule has 0 aromatic carbocycles. The van der Waals surface area contributed by atoms with Crippen molar-refractivity contribution in [1.82, 2.24) is 4.98 Å². The van der Waals surface area contributed by atoms with Crippen molar-refractivity contribution in [1.29, 1.82) is 0 Å². The fourth-order valence-electron chi connectivity index (χ4n) is 1.68. The summed E-state index contributed by atoms with van der Waals surface area (Å²) in [6, 6.07) is 1.44. The zero-order valence-corrected chi connectivity index (χ0v) is 8.41. The van der Waals surface area contributed by atoms with E-state index in [4.69, 9.17) is 9.84 Å². The first-order chi connectivity index (χ1) is 7.22. The van der Waals surface area contributed by atoms with Gasteiger partial charge in [-0.2, -0.15) is 0 Å². The van der Waals surface area contributed by atoms with E-state index < -0.39 is 5.97 Å². The van der Waals surface area contributed by atoms with E-state index in [-0.39, 0.29) is 5.69 Å². The molecule has 0 saturated carbocycles. The third-order valence-electron chi connectivity index (χ3n) is 2.39. The number of pyridine rings is 1. The number of rotatable bonds is 2. The second kappa shape index (κ2) is 3.76. The van der Waals surface area contributed by atoms with Gasteiger partial charge < -0.3 is 15.2 Å². The minimum Gasteiger partial charge on any atom is -0.494 e. The zero-order valence-electron chi connectivity index (χ0n) is 8.41. The lowest BCUT2D eigenvalue weighted by molar-refractivity contribution is 0.0689. The van der Waals surface area contributed by atoms with Gasteiger partial charge >= 0.3 is 5.97 Å².